The van der Waals surface area contributed by atoms with Crippen LogP contribution in [-0.2, 0) is 4.79 Å². The molecule has 0 saturated carbocycles. The zero-order chi connectivity index (χ0) is 14.2. The number of piperidine rings is 1. The van der Waals surface area contributed by atoms with Gasteiger partial charge in [0, 0.05) is 12.2 Å². The third-order valence-corrected chi connectivity index (χ3v) is 4.00. The van der Waals surface area contributed by atoms with E-state index in [-0.39, 0.29) is 11.3 Å². The second-order valence-electron chi connectivity index (χ2n) is 5.85. The van der Waals surface area contributed by atoms with E-state index in [0.29, 0.717) is 0 Å². The third kappa shape index (κ3) is 2.41. The molecule has 2 aromatic rings. The Kier molecular flexibility index (Phi) is 3.22. The molecule has 1 aliphatic rings. The van der Waals surface area contributed by atoms with Crippen LogP contribution in [0, 0.1) is 12.3 Å². The summed E-state index contributed by atoms with van der Waals surface area (Å²) in [7, 11) is 0. The Bertz CT molecular complexity index is 640. The van der Waals surface area contributed by atoms with Gasteiger partial charge in [-0.15, -0.1) is 0 Å². The number of hydrogen-bond acceptors (Lipinski definition) is 3. The van der Waals surface area contributed by atoms with Gasteiger partial charge < -0.3 is 15.6 Å². The Morgan fingerprint density at radius 1 is 1.45 bits per heavy atom. The van der Waals surface area contributed by atoms with Crippen LogP contribution in [0.3, 0.4) is 0 Å². The molecule has 1 saturated heterocycles. The second-order valence-corrected chi connectivity index (χ2v) is 5.85. The van der Waals surface area contributed by atoms with Crippen LogP contribution in [0.25, 0.3) is 11.0 Å². The summed E-state index contributed by atoms with van der Waals surface area (Å²) in [6, 6.07) is 5.77. The van der Waals surface area contributed by atoms with E-state index in [1.807, 2.05) is 32.0 Å². The number of aryl methyl sites for hydroxylation is 1. The standard InChI is InChI=1S/C15H20N4O/c1-10-17-12-5-4-11(8-13(12)18-10)19-14(20)15(2)6-3-7-16-9-15/h4-5,8,16H,3,6-7,9H2,1-2H3,(H,17,18)(H,19,20). The normalized spacial score (nSPS) is 22.9. The number of fused-ring (bicyclic) bond motifs is 1. The number of H-pyrrole nitrogens is 1. The van der Waals surface area contributed by atoms with E-state index in [2.05, 4.69) is 20.6 Å². The Hall–Kier alpha value is -1.88. The summed E-state index contributed by atoms with van der Waals surface area (Å²) in [5.41, 5.74) is 2.37. The average molecular weight is 272 g/mol. The number of aromatic amines is 1. The molecular formula is C15H20N4O. The number of nitrogens with zero attached hydrogens (tertiary/aromatic N) is 1. The molecule has 5 heteroatoms. The number of aromatic nitrogens is 2. The summed E-state index contributed by atoms with van der Waals surface area (Å²) in [5.74, 6) is 0.965. The van der Waals surface area contributed by atoms with Gasteiger partial charge in [-0.05, 0) is 51.4 Å². The first-order valence-corrected chi connectivity index (χ1v) is 7.05. The molecule has 1 unspecified atom stereocenters. The summed E-state index contributed by atoms with van der Waals surface area (Å²) < 4.78 is 0. The van der Waals surface area contributed by atoms with E-state index < -0.39 is 0 Å². The van der Waals surface area contributed by atoms with Gasteiger partial charge in [0.25, 0.3) is 0 Å². The number of nitrogens with one attached hydrogen (secondary N) is 3. The van der Waals surface area contributed by atoms with Crippen LogP contribution < -0.4 is 10.6 Å². The van der Waals surface area contributed by atoms with Crippen LogP contribution in [0.4, 0.5) is 5.69 Å². The monoisotopic (exact) mass is 272 g/mol. The molecule has 0 radical (unpaired) electrons. The van der Waals surface area contributed by atoms with Gasteiger partial charge >= 0.3 is 0 Å². The van der Waals surface area contributed by atoms with Crippen molar-refractivity contribution < 1.29 is 4.79 Å². The van der Waals surface area contributed by atoms with E-state index in [0.717, 1.165) is 48.5 Å². The topological polar surface area (TPSA) is 69.8 Å². The highest BCUT2D eigenvalue weighted by Crippen LogP contribution is 2.27. The SMILES string of the molecule is Cc1nc2ccc(NC(=O)C3(C)CCCNC3)cc2[nH]1. The average Bonchev–Trinajstić information content (AvgIpc) is 2.79. The number of carbonyl (C=O) groups is 1. The van der Waals surface area contributed by atoms with Crippen molar-refractivity contribution in [3.63, 3.8) is 0 Å². The van der Waals surface area contributed by atoms with Crippen molar-refractivity contribution in [3.05, 3.63) is 24.0 Å². The van der Waals surface area contributed by atoms with Crippen LogP contribution >= 0.6 is 0 Å². The molecule has 20 heavy (non-hydrogen) atoms. The highest BCUT2D eigenvalue weighted by Gasteiger charge is 2.34. The summed E-state index contributed by atoms with van der Waals surface area (Å²) in [4.78, 5) is 20.0. The summed E-state index contributed by atoms with van der Waals surface area (Å²) in [6.45, 7) is 5.69. The number of amides is 1. The van der Waals surface area contributed by atoms with E-state index >= 15 is 0 Å². The van der Waals surface area contributed by atoms with Crippen LogP contribution in [0.1, 0.15) is 25.6 Å². The molecule has 1 aromatic heterocycles. The molecule has 1 aromatic carbocycles. The molecule has 0 aliphatic carbocycles. The zero-order valence-electron chi connectivity index (χ0n) is 11.9. The Morgan fingerprint density at radius 2 is 2.30 bits per heavy atom. The van der Waals surface area contributed by atoms with Gasteiger partial charge in [-0.2, -0.15) is 0 Å². The number of anilines is 1. The van der Waals surface area contributed by atoms with Crippen molar-refractivity contribution in [1.29, 1.82) is 0 Å². The van der Waals surface area contributed by atoms with Gasteiger partial charge in [0.15, 0.2) is 0 Å². The number of benzene rings is 1. The smallest absolute Gasteiger partial charge is 0.231 e. The van der Waals surface area contributed by atoms with Crippen LogP contribution in [0.5, 0.6) is 0 Å². The lowest BCUT2D eigenvalue weighted by molar-refractivity contribution is -0.125. The molecule has 2 heterocycles. The minimum absolute atomic E-state index is 0.0836. The maximum atomic E-state index is 12.5. The van der Waals surface area contributed by atoms with Crippen molar-refractivity contribution in [3.8, 4) is 0 Å². The van der Waals surface area contributed by atoms with Gasteiger partial charge in [0.05, 0.1) is 16.4 Å². The third-order valence-electron chi connectivity index (χ3n) is 4.00. The van der Waals surface area contributed by atoms with E-state index in [9.17, 15) is 4.79 Å². The first-order valence-electron chi connectivity index (χ1n) is 7.05. The maximum absolute atomic E-state index is 12.5. The van der Waals surface area contributed by atoms with E-state index in [1.165, 1.54) is 0 Å². The minimum atomic E-state index is -0.322. The first-order chi connectivity index (χ1) is 9.57. The molecule has 1 fully saturated rings. The molecule has 0 spiro atoms. The molecule has 106 valence electrons. The van der Waals surface area contributed by atoms with Gasteiger partial charge in [-0.25, -0.2) is 4.98 Å². The van der Waals surface area contributed by atoms with E-state index in [1.54, 1.807) is 0 Å². The van der Waals surface area contributed by atoms with Gasteiger partial charge in [0.2, 0.25) is 5.91 Å². The maximum Gasteiger partial charge on any atom is 0.231 e. The van der Waals surface area contributed by atoms with Crippen LogP contribution in [0.2, 0.25) is 0 Å². The lowest BCUT2D eigenvalue weighted by atomic mass is 9.82. The van der Waals surface area contributed by atoms with Crippen LogP contribution in [-0.4, -0.2) is 29.0 Å². The lowest BCUT2D eigenvalue weighted by Gasteiger charge is -2.32. The highest BCUT2D eigenvalue weighted by molar-refractivity contribution is 5.96. The molecule has 3 rings (SSSR count). The van der Waals surface area contributed by atoms with Gasteiger partial charge in [0.1, 0.15) is 5.82 Å². The molecule has 1 atom stereocenters. The van der Waals surface area contributed by atoms with Crippen molar-refractivity contribution >= 4 is 22.6 Å². The van der Waals surface area contributed by atoms with Crippen molar-refractivity contribution in [2.45, 2.75) is 26.7 Å². The minimum Gasteiger partial charge on any atom is -0.342 e. The van der Waals surface area contributed by atoms with Gasteiger partial charge in [-0.1, -0.05) is 0 Å². The summed E-state index contributed by atoms with van der Waals surface area (Å²) >= 11 is 0. The molecule has 0 bridgehead atoms. The molecule has 5 nitrogen and oxygen atoms in total. The zero-order valence-corrected chi connectivity index (χ0v) is 11.9. The number of rotatable bonds is 2. The summed E-state index contributed by atoms with van der Waals surface area (Å²) in [6.07, 6.45) is 1.97. The van der Waals surface area contributed by atoms with Crippen molar-refractivity contribution in [1.82, 2.24) is 15.3 Å². The number of imidazole rings is 1. The fourth-order valence-corrected chi connectivity index (χ4v) is 2.75. The van der Waals surface area contributed by atoms with Crippen molar-refractivity contribution in [2.75, 3.05) is 18.4 Å². The Labute approximate surface area is 118 Å². The quantitative estimate of drug-likeness (QED) is 0.785. The van der Waals surface area contributed by atoms with Gasteiger partial charge in [-0.3, -0.25) is 4.79 Å². The summed E-state index contributed by atoms with van der Waals surface area (Å²) in [5, 5.41) is 6.32. The largest absolute Gasteiger partial charge is 0.342 e. The fraction of sp³-hybridized carbons (Fsp3) is 0.467. The van der Waals surface area contributed by atoms with Crippen molar-refractivity contribution in [2.24, 2.45) is 5.41 Å². The predicted octanol–water partition coefficient (Wildman–Crippen LogP) is 2.20. The fourth-order valence-electron chi connectivity index (χ4n) is 2.75. The highest BCUT2D eigenvalue weighted by atomic mass is 16.2. The Balaban J connectivity index is 1.79. The second kappa shape index (κ2) is 4.90. The number of carbonyl (C=O) groups excluding carboxylic acids is 1. The molecular weight excluding hydrogens is 252 g/mol. The van der Waals surface area contributed by atoms with E-state index in [4.69, 9.17) is 0 Å². The Morgan fingerprint density at radius 3 is 3.05 bits per heavy atom. The lowest BCUT2D eigenvalue weighted by Crippen LogP contribution is -2.46. The first kappa shape index (κ1) is 13.1. The molecule has 1 amide bonds. The predicted molar refractivity (Wildman–Crippen MR) is 79.7 cm³/mol. The molecule has 1 aliphatic heterocycles. The molecule has 3 N–H and O–H groups in total. The van der Waals surface area contributed by atoms with Crippen LogP contribution in [0.15, 0.2) is 18.2 Å². The number of hydrogen-bond donors (Lipinski definition) is 3.